The number of nitrogens with zero attached hydrogens (tertiary/aromatic N) is 1. The second-order valence-corrected chi connectivity index (χ2v) is 8.87. The Morgan fingerprint density at radius 1 is 0.944 bits per heavy atom. The quantitative estimate of drug-likeness (QED) is 0.129. The zero-order chi connectivity index (χ0) is 25.7. The van der Waals surface area contributed by atoms with Crippen molar-refractivity contribution in [2.24, 2.45) is 5.10 Å². The van der Waals surface area contributed by atoms with Gasteiger partial charge in [-0.05, 0) is 61.0 Å². The lowest BCUT2D eigenvalue weighted by molar-refractivity contribution is -0.127. The third-order valence-corrected chi connectivity index (χ3v) is 5.85. The van der Waals surface area contributed by atoms with Crippen LogP contribution in [-0.4, -0.2) is 24.2 Å². The lowest BCUT2D eigenvalue weighted by Gasteiger charge is -2.14. The van der Waals surface area contributed by atoms with Gasteiger partial charge >= 0.3 is 5.97 Å². The van der Waals surface area contributed by atoms with Gasteiger partial charge in [0.1, 0.15) is 11.5 Å². The molecule has 4 aromatic rings. The van der Waals surface area contributed by atoms with Crippen LogP contribution >= 0.6 is 23.2 Å². The van der Waals surface area contributed by atoms with Crippen molar-refractivity contribution in [2.45, 2.75) is 20.0 Å². The van der Waals surface area contributed by atoms with E-state index in [-0.39, 0.29) is 0 Å². The van der Waals surface area contributed by atoms with Crippen LogP contribution in [0.15, 0.2) is 84.0 Å². The van der Waals surface area contributed by atoms with E-state index < -0.39 is 18.0 Å². The maximum atomic E-state index is 12.8. The van der Waals surface area contributed by atoms with E-state index in [9.17, 15) is 9.59 Å². The summed E-state index contributed by atoms with van der Waals surface area (Å²) in [5, 5.41) is 6.58. The summed E-state index contributed by atoms with van der Waals surface area (Å²) in [5.74, 6) is -0.340. The highest BCUT2D eigenvalue weighted by Gasteiger charge is 2.17. The standard InChI is InChI=1S/C28H22Cl2N2O4/c1-17-6-5-8-20(14-17)28(34)36-25-12-10-19-7-3-4-9-22(19)23(25)16-31-32-27(33)18(2)35-26-13-11-21(29)15-24(26)30/h3-16,18H,1-2H3,(H,32,33)/b31-16-/t18-/m1/s1. The summed E-state index contributed by atoms with van der Waals surface area (Å²) >= 11 is 12.0. The van der Waals surface area contributed by atoms with E-state index in [1.165, 1.54) is 12.3 Å². The summed E-state index contributed by atoms with van der Waals surface area (Å²) in [6.45, 7) is 3.47. The summed E-state index contributed by atoms with van der Waals surface area (Å²) in [4.78, 5) is 25.3. The smallest absolute Gasteiger partial charge is 0.343 e. The van der Waals surface area contributed by atoms with Crippen molar-refractivity contribution in [3.8, 4) is 11.5 Å². The van der Waals surface area contributed by atoms with Crippen molar-refractivity contribution in [2.75, 3.05) is 0 Å². The summed E-state index contributed by atoms with van der Waals surface area (Å²) in [5.41, 5.74) is 4.39. The van der Waals surface area contributed by atoms with Crippen LogP contribution in [0.1, 0.15) is 28.4 Å². The molecule has 1 atom stereocenters. The first-order chi connectivity index (χ1) is 17.3. The minimum atomic E-state index is -0.882. The molecule has 0 heterocycles. The van der Waals surface area contributed by atoms with Gasteiger partial charge in [-0.25, -0.2) is 10.2 Å². The van der Waals surface area contributed by atoms with Gasteiger partial charge < -0.3 is 9.47 Å². The van der Waals surface area contributed by atoms with Crippen LogP contribution in [0.3, 0.4) is 0 Å². The molecule has 6 nitrogen and oxygen atoms in total. The van der Waals surface area contributed by atoms with Gasteiger partial charge in [-0.15, -0.1) is 0 Å². The van der Waals surface area contributed by atoms with Gasteiger partial charge in [-0.1, -0.05) is 71.2 Å². The average molecular weight is 521 g/mol. The number of hydrogen-bond donors (Lipinski definition) is 1. The van der Waals surface area contributed by atoms with Gasteiger partial charge in [-0.2, -0.15) is 5.10 Å². The number of hydrazone groups is 1. The lowest BCUT2D eigenvalue weighted by atomic mass is 10.0. The topological polar surface area (TPSA) is 77.0 Å². The average Bonchev–Trinajstić information content (AvgIpc) is 2.86. The molecule has 0 bridgehead atoms. The Morgan fingerprint density at radius 3 is 2.50 bits per heavy atom. The molecule has 0 aliphatic carbocycles. The molecule has 1 N–H and O–H groups in total. The maximum Gasteiger partial charge on any atom is 0.343 e. The normalized spacial score (nSPS) is 11.9. The number of carbonyl (C=O) groups is 2. The van der Waals surface area contributed by atoms with Gasteiger partial charge in [0.2, 0.25) is 0 Å². The van der Waals surface area contributed by atoms with Crippen molar-refractivity contribution >= 4 is 52.1 Å². The predicted molar refractivity (Wildman–Crippen MR) is 142 cm³/mol. The van der Waals surface area contributed by atoms with Crippen molar-refractivity contribution in [3.05, 3.63) is 106 Å². The van der Waals surface area contributed by atoms with Crippen molar-refractivity contribution in [1.29, 1.82) is 0 Å². The number of ether oxygens (including phenoxy) is 2. The SMILES string of the molecule is Cc1cccc(C(=O)Oc2ccc3ccccc3c2/C=N\NC(=O)[C@@H](C)Oc2ccc(Cl)cc2Cl)c1. The number of aryl methyl sites for hydroxylation is 1. The molecule has 1 amide bonds. The van der Waals surface area contributed by atoms with Crippen LogP contribution in [0.25, 0.3) is 10.8 Å². The number of hydrogen-bond acceptors (Lipinski definition) is 5. The highest BCUT2D eigenvalue weighted by molar-refractivity contribution is 6.35. The van der Waals surface area contributed by atoms with Gasteiger partial charge in [-0.3, -0.25) is 4.79 Å². The molecule has 8 heteroatoms. The summed E-state index contributed by atoms with van der Waals surface area (Å²) in [7, 11) is 0. The first-order valence-corrected chi connectivity index (χ1v) is 11.8. The number of carbonyl (C=O) groups excluding carboxylic acids is 2. The van der Waals surface area contributed by atoms with E-state index in [4.69, 9.17) is 32.7 Å². The third-order valence-electron chi connectivity index (χ3n) is 5.32. The molecular weight excluding hydrogens is 499 g/mol. The first kappa shape index (κ1) is 25.2. The van der Waals surface area contributed by atoms with Crippen LogP contribution < -0.4 is 14.9 Å². The van der Waals surface area contributed by atoms with Crippen LogP contribution in [0.2, 0.25) is 10.0 Å². The Hall–Kier alpha value is -3.87. The summed E-state index contributed by atoms with van der Waals surface area (Å²) in [6.07, 6.45) is 0.563. The number of nitrogens with one attached hydrogen (secondary N) is 1. The van der Waals surface area contributed by atoms with Crippen LogP contribution in [0.5, 0.6) is 11.5 Å². The molecule has 0 fully saturated rings. The molecular formula is C28H22Cl2N2O4. The van der Waals surface area contributed by atoms with Gasteiger partial charge in [0.25, 0.3) is 5.91 Å². The Labute approximate surface area is 218 Å². The molecule has 0 radical (unpaired) electrons. The van der Waals surface area contributed by atoms with E-state index in [2.05, 4.69) is 10.5 Å². The van der Waals surface area contributed by atoms with Crippen LogP contribution in [0, 0.1) is 6.92 Å². The number of amides is 1. The first-order valence-electron chi connectivity index (χ1n) is 11.1. The predicted octanol–water partition coefficient (Wildman–Crippen LogP) is 6.59. The van der Waals surface area contributed by atoms with E-state index in [0.29, 0.717) is 32.7 Å². The van der Waals surface area contributed by atoms with E-state index in [0.717, 1.165) is 16.3 Å². The molecule has 4 aromatic carbocycles. The van der Waals surface area contributed by atoms with E-state index >= 15 is 0 Å². The lowest BCUT2D eigenvalue weighted by Crippen LogP contribution is -2.33. The number of fused-ring (bicyclic) bond motifs is 1. The Morgan fingerprint density at radius 2 is 1.72 bits per heavy atom. The fourth-order valence-corrected chi connectivity index (χ4v) is 3.95. The monoisotopic (exact) mass is 520 g/mol. The summed E-state index contributed by atoms with van der Waals surface area (Å²) in [6, 6.07) is 23.0. The largest absolute Gasteiger partial charge is 0.479 e. The number of rotatable bonds is 7. The second kappa shape index (κ2) is 11.2. The molecule has 0 aromatic heterocycles. The van der Waals surface area contributed by atoms with Gasteiger partial charge in [0.15, 0.2) is 6.10 Å². The third kappa shape index (κ3) is 6.03. The van der Waals surface area contributed by atoms with E-state index in [1.54, 1.807) is 43.3 Å². The molecule has 0 spiro atoms. The number of esters is 1. The highest BCUT2D eigenvalue weighted by Crippen LogP contribution is 2.29. The molecule has 0 aliphatic rings. The molecule has 0 saturated heterocycles. The number of benzene rings is 4. The molecule has 182 valence electrons. The van der Waals surface area contributed by atoms with Crippen molar-refractivity contribution in [1.82, 2.24) is 5.43 Å². The second-order valence-electron chi connectivity index (χ2n) is 8.03. The van der Waals surface area contributed by atoms with E-state index in [1.807, 2.05) is 43.3 Å². The molecule has 4 rings (SSSR count). The Balaban J connectivity index is 1.54. The van der Waals surface area contributed by atoms with Gasteiger partial charge in [0, 0.05) is 10.6 Å². The zero-order valence-electron chi connectivity index (χ0n) is 19.5. The fourth-order valence-electron chi connectivity index (χ4n) is 3.49. The van der Waals surface area contributed by atoms with Crippen LogP contribution in [0.4, 0.5) is 0 Å². The minimum absolute atomic E-state index is 0.293. The molecule has 0 unspecified atom stereocenters. The van der Waals surface area contributed by atoms with Crippen molar-refractivity contribution < 1.29 is 19.1 Å². The van der Waals surface area contributed by atoms with Gasteiger partial charge in [0.05, 0.1) is 16.8 Å². The Bertz CT molecular complexity index is 1470. The zero-order valence-corrected chi connectivity index (χ0v) is 21.0. The summed E-state index contributed by atoms with van der Waals surface area (Å²) < 4.78 is 11.3. The maximum absolute atomic E-state index is 12.8. The molecule has 36 heavy (non-hydrogen) atoms. The van der Waals surface area contributed by atoms with Crippen molar-refractivity contribution in [3.63, 3.8) is 0 Å². The highest BCUT2D eigenvalue weighted by atomic mass is 35.5. The van der Waals surface area contributed by atoms with Crippen LogP contribution in [-0.2, 0) is 4.79 Å². The number of halogens is 2. The fraction of sp³-hybridized carbons (Fsp3) is 0.107. The Kier molecular flexibility index (Phi) is 7.88. The molecule has 0 aliphatic heterocycles. The minimum Gasteiger partial charge on any atom is -0.479 e. The molecule has 0 saturated carbocycles.